The van der Waals surface area contributed by atoms with Gasteiger partial charge in [0.05, 0.1) is 31.5 Å². The first kappa shape index (κ1) is 39.9. The number of phenols is 2. The molecule has 3 aliphatic heterocycles. The number of aromatic hydroxyl groups is 2. The summed E-state index contributed by atoms with van der Waals surface area (Å²) in [6.07, 6.45) is -25.6. The molecular weight excluding hydrogens is 732 g/mol. The van der Waals surface area contributed by atoms with Gasteiger partial charge in [0.2, 0.25) is 24.6 Å². The number of hydrogen-bond donors (Lipinski definition) is 14. The zero-order chi connectivity index (χ0) is 39.2. The van der Waals surface area contributed by atoms with E-state index in [0.717, 1.165) is 24.3 Å². The third-order valence-electron chi connectivity index (χ3n) is 9.30. The van der Waals surface area contributed by atoms with E-state index in [4.69, 9.17) is 32.8 Å². The zero-order valence-electron chi connectivity index (χ0n) is 27.9. The molecule has 1 aromatic heterocycles. The fourth-order valence-electron chi connectivity index (χ4n) is 6.18. The van der Waals surface area contributed by atoms with Crippen LogP contribution < -0.4 is 14.2 Å². The smallest absolute Gasteiger partial charge is 0.402 e. The molecule has 4 heterocycles. The van der Waals surface area contributed by atoms with E-state index in [1.807, 2.05) is 0 Å². The fraction of sp³-hybridized carbons (Fsp3) is 0.545. The molecule has 21 nitrogen and oxygen atoms in total. The van der Waals surface area contributed by atoms with Gasteiger partial charge in [-0.1, -0.05) is 0 Å². The second kappa shape index (κ2) is 16.2. The van der Waals surface area contributed by atoms with Gasteiger partial charge in [-0.15, -0.1) is 0 Å². The Kier molecular flexibility index (Phi) is 11.9. The quantitative estimate of drug-likeness (QED) is 0.0861. The predicted octanol–water partition coefficient (Wildman–Crippen LogP) is -4.67. The molecule has 3 saturated heterocycles. The third-order valence-corrected chi connectivity index (χ3v) is 9.30. The maximum absolute atomic E-state index is 10.8. The summed E-state index contributed by atoms with van der Waals surface area (Å²) < 4.78 is 39.8. The minimum Gasteiger partial charge on any atom is -0.507 e. The van der Waals surface area contributed by atoms with Gasteiger partial charge in [0.15, 0.2) is 11.5 Å². The number of ether oxygens (including phenoxy) is 6. The van der Waals surface area contributed by atoms with Crippen molar-refractivity contribution >= 4 is 11.0 Å². The largest absolute Gasteiger partial charge is 0.507 e. The molecule has 3 fully saturated rings. The SMILES string of the molecule is OC[C@H]1OC(Oc2cc(-c3[o+]c4cc(O)cc(OC5O[C@H](CO)[C@@H](O)[C@H](O)[C@H]5O)c4cc3OC3O[C@H](CO)[C@@H](O)[C@H](O)[C@H]3O)ccc2O)[C@H](O)[C@@H](O)[C@@H]1O. The van der Waals surface area contributed by atoms with Crippen LogP contribution in [0.1, 0.15) is 0 Å². The van der Waals surface area contributed by atoms with Crippen molar-refractivity contribution in [2.45, 2.75) is 92.1 Å². The predicted molar refractivity (Wildman–Crippen MR) is 173 cm³/mol. The van der Waals surface area contributed by atoms with Gasteiger partial charge in [-0.3, -0.25) is 0 Å². The highest BCUT2D eigenvalue weighted by Crippen LogP contribution is 2.44. The minimum atomic E-state index is -1.92. The Bertz CT molecular complexity index is 1750. The number of aliphatic hydroxyl groups is 12. The number of fused-ring (bicyclic) bond motifs is 1. The molecule has 54 heavy (non-hydrogen) atoms. The molecule has 0 aliphatic carbocycles. The molecule has 21 heteroatoms. The van der Waals surface area contributed by atoms with Crippen molar-refractivity contribution in [3.8, 4) is 40.1 Å². The van der Waals surface area contributed by atoms with Gasteiger partial charge in [-0.2, -0.15) is 0 Å². The average Bonchev–Trinajstić information content (AvgIpc) is 3.16. The monoisotopic (exact) mass is 773 g/mol. The number of hydrogen-bond acceptors (Lipinski definition) is 20. The van der Waals surface area contributed by atoms with Crippen LogP contribution in [0.15, 0.2) is 40.8 Å². The van der Waals surface area contributed by atoms with E-state index in [9.17, 15) is 71.5 Å². The van der Waals surface area contributed by atoms with Gasteiger partial charge in [-0.05, 0) is 12.1 Å². The van der Waals surface area contributed by atoms with Gasteiger partial charge in [0.1, 0.15) is 90.1 Å². The molecule has 0 radical (unpaired) electrons. The zero-order valence-corrected chi connectivity index (χ0v) is 27.9. The van der Waals surface area contributed by atoms with Gasteiger partial charge in [0.25, 0.3) is 0 Å². The Hall–Kier alpha value is -3.75. The van der Waals surface area contributed by atoms with Gasteiger partial charge in [-0.25, -0.2) is 4.42 Å². The van der Waals surface area contributed by atoms with Crippen molar-refractivity contribution < 1.29 is 104 Å². The van der Waals surface area contributed by atoms with Crippen molar-refractivity contribution in [1.29, 1.82) is 0 Å². The highest BCUT2D eigenvalue weighted by molar-refractivity contribution is 5.89. The van der Waals surface area contributed by atoms with Crippen LogP contribution >= 0.6 is 0 Å². The Labute approximate surface area is 303 Å². The molecule has 0 amide bonds. The fourth-order valence-corrected chi connectivity index (χ4v) is 6.18. The molecule has 0 bridgehead atoms. The summed E-state index contributed by atoms with van der Waals surface area (Å²) >= 11 is 0. The number of benzene rings is 2. The first-order valence-corrected chi connectivity index (χ1v) is 16.6. The van der Waals surface area contributed by atoms with Crippen molar-refractivity contribution in [2.24, 2.45) is 0 Å². The Balaban J connectivity index is 1.43. The van der Waals surface area contributed by atoms with Crippen LogP contribution in [0.4, 0.5) is 0 Å². The maximum Gasteiger partial charge on any atom is 0.402 e. The molecule has 298 valence electrons. The molecule has 3 aliphatic rings. The van der Waals surface area contributed by atoms with Crippen LogP contribution in [-0.2, 0) is 14.2 Å². The Morgan fingerprint density at radius 2 is 0.944 bits per heavy atom. The molecular formula is C33H41O21+. The average molecular weight is 774 g/mol. The van der Waals surface area contributed by atoms with Crippen LogP contribution in [0.3, 0.4) is 0 Å². The molecule has 14 N–H and O–H groups in total. The van der Waals surface area contributed by atoms with Gasteiger partial charge < -0.3 is 99.9 Å². The Morgan fingerprint density at radius 1 is 0.500 bits per heavy atom. The minimum absolute atomic E-state index is 0.00799. The highest BCUT2D eigenvalue weighted by Gasteiger charge is 2.48. The lowest BCUT2D eigenvalue weighted by Gasteiger charge is -2.39. The second-order valence-electron chi connectivity index (χ2n) is 12.9. The normalized spacial score (nSPS) is 37.2. The summed E-state index contributed by atoms with van der Waals surface area (Å²) in [5.41, 5.74) is -0.149. The van der Waals surface area contributed by atoms with Crippen molar-refractivity contribution in [3.05, 3.63) is 36.4 Å². The van der Waals surface area contributed by atoms with E-state index in [-0.39, 0.29) is 33.8 Å². The van der Waals surface area contributed by atoms with E-state index in [0.29, 0.717) is 0 Å². The van der Waals surface area contributed by atoms with Gasteiger partial charge >= 0.3 is 11.3 Å². The summed E-state index contributed by atoms with van der Waals surface area (Å²) in [5, 5.41) is 144. The summed E-state index contributed by atoms with van der Waals surface area (Å²) in [4.78, 5) is 0. The van der Waals surface area contributed by atoms with Crippen LogP contribution in [0, 0.1) is 0 Å². The lowest BCUT2D eigenvalue weighted by Crippen LogP contribution is -2.60. The molecule has 0 spiro atoms. The lowest BCUT2D eigenvalue weighted by atomic mass is 9.99. The number of rotatable bonds is 10. The molecule has 3 unspecified atom stereocenters. The van der Waals surface area contributed by atoms with Crippen LogP contribution in [-0.4, -0.2) is 183 Å². The molecule has 6 rings (SSSR count). The lowest BCUT2D eigenvalue weighted by molar-refractivity contribution is -0.277. The number of phenolic OH excluding ortho intramolecular Hbond substituents is 2. The third kappa shape index (κ3) is 7.58. The maximum atomic E-state index is 10.8. The van der Waals surface area contributed by atoms with Crippen molar-refractivity contribution in [1.82, 2.24) is 0 Å². The standard InChI is InChI=1S/C33H40O21/c34-7-18-21(39)24(42)27(45)31(52-18)49-15-5-11(37)4-14-12(15)6-17(51-33-29(47)26(44)23(41)20(9-36)54-33)30(48-14)10-1-2-13(38)16(3-10)50-32-28(46)25(43)22(40)19(8-35)53-32/h1-6,18-29,31-36,39-47H,7-9H2,(H-,37,38)/p+1/t18-,19-,20-,21-,22-,23-,24+,25+,26+,27-,28-,29-,31?,32?,33?/m1/s1. The highest BCUT2D eigenvalue weighted by atomic mass is 16.7. The van der Waals surface area contributed by atoms with E-state index >= 15 is 0 Å². The van der Waals surface area contributed by atoms with E-state index < -0.39 is 129 Å². The summed E-state index contributed by atoms with van der Waals surface area (Å²) in [6.45, 7) is -2.33. The first-order valence-electron chi connectivity index (χ1n) is 16.6. The van der Waals surface area contributed by atoms with Gasteiger partial charge in [0, 0.05) is 18.2 Å². The second-order valence-corrected chi connectivity index (χ2v) is 12.9. The molecule has 0 saturated carbocycles. The molecule has 2 aromatic carbocycles. The summed E-state index contributed by atoms with van der Waals surface area (Å²) in [6, 6.07) is 6.96. The van der Waals surface area contributed by atoms with Crippen LogP contribution in [0.25, 0.3) is 22.3 Å². The summed E-state index contributed by atoms with van der Waals surface area (Å²) in [7, 11) is 0. The number of aliphatic hydroxyl groups excluding tert-OH is 12. The molecule has 3 aromatic rings. The molecule has 15 atom stereocenters. The summed E-state index contributed by atoms with van der Waals surface area (Å²) in [5.74, 6) is -2.25. The van der Waals surface area contributed by atoms with E-state index in [2.05, 4.69) is 0 Å². The van der Waals surface area contributed by atoms with E-state index in [1.54, 1.807) is 0 Å². The van der Waals surface area contributed by atoms with Crippen molar-refractivity contribution in [2.75, 3.05) is 19.8 Å². The van der Waals surface area contributed by atoms with E-state index in [1.165, 1.54) is 12.1 Å². The van der Waals surface area contributed by atoms with Crippen molar-refractivity contribution in [3.63, 3.8) is 0 Å². The van der Waals surface area contributed by atoms with Crippen LogP contribution in [0.2, 0.25) is 0 Å². The Morgan fingerprint density at radius 3 is 1.41 bits per heavy atom. The topological polar surface area (TPSA) is 350 Å². The first-order chi connectivity index (χ1) is 25.7. The van der Waals surface area contributed by atoms with Crippen LogP contribution in [0.5, 0.6) is 28.7 Å².